The average molecular weight is 385 g/mol. The number of benzene rings is 2. The molecule has 0 unspecified atom stereocenters. The maximum Gasteiger partial charge on any atom is 0.264 e. The van der Waals surface area contributed by atoms with E-state index in [9.17, 15) is 8.42 Å². The molecule has 0 fully saturated rings. The number of anilines is 1. The molecule has 0 aliphatic carbocycles. The molecule has 2 aromatic carbocycles. The monoisotopic (exact) mass is 385 g/mol. The topological polar surface area (TPSA) is 90.4 Å². The predicted octanol–water partition coefficient (Wildman–Crippen LogP) is 3.27. The van der Waals surface area contributed by atoms with Crippen molar-refractivity contribution in [3.8, 4) is 22.6 Å². The molecule has 1 aromatic heterocycles. The lowest BCUT2D eigenvalue weighted by molar-refractivity contribution is 0.354. The Balaban J connectivity index is 1.82. The van der Waals surface area contributed by atoms with Gasteiger partial charge in [-0.15, -0.1) is 0 Å². The number of hydrogen-bond donors (Lipinski definition) is 1. The van der Waals surface area contributed by atoms with Crippen LogP contribution in [0.3, 0.4) is 0 Å². The van der Waals surface area contributed by atoms with E-state index < -0.39 is 10.0 Å². The van der Waals surface area contributed by atoms with Gasteiger partial charge in [-0.3, -0.25) is 0 Å². The van der Waals surface area contributed by atoms with Crippen molar-refractivity contribution in [1.29, 1.82) is 0 Å². The van der Waals surface area contributed by atoms with E-state index in [1.807, 2.05) is 31.2 Å². The van der Waals surface area contributed by atoms with Crippen LogP contribution in [0.5, 0.6) is 11.5 Å². The summed E-state index contributed by atoms with van der Waals surface area (Å²) in [4.78, 5) is 8.23. The van der Waals surface area contributed by atoms with E-state index in [2.05, 4.69) is 14.7 Å². The zero-order valence-electron chi connectivity index (χ0n) is 15.1. The molecule has 3 rings (SSSR count). The normalized spacial score (nSPS) is 11.1. The summed E-state index contributed by atoms with van der Waals surface area (Å²) in [5.41, 5.74) is 2.90. The average Bonchev–Trinajstić information content (AvgIpc) is 2.68. The molecule has 1 N–H and O–H groups in total. The van der Waals surface area contributed by atoms with Gasteiger partial charge in [0.05, 0.1) is 19.1 Å². The van der Waals surface area contributed by atoms with Gasteiger partial charge in [-0.25, -0.2) is 23.1 Å². The second-order valence-corrected chi connectivity index (χ2v) is 7.47. The molecule has 0 radical (unpaired) electrons. The number of aryl methyl sites for hydroxylation is 1. The summed E-state index contributed by atoms with van der Waals surface area (Å²) < 4.78 is 37.8. The molecule has 7 nitrogen and oxygen atoms in total. The number of methoxy groups -OCH3 is 2. The van der Waals surface area contributed by atoms with E-state index in [-0.39, 0.29) is 10.8 Å². The van der Waals surface area contributed by atoms with Crippen molar-refractivity contribution in [3.05, 3.63) is 60.4 Å². The molecule has 0 saturated carbocycles. The fourth-order valence-corrected chi connectivity index (χ4v) is 3.41. The number of ether oxygens (including phenoxy) is 2. The zero-order chi connectivity index (χ0) is 19.4. The highest BCUT2D eigenvalue weighted by Gasteiger charge is 2.18. The number of nitrogens with one attached hydrogen (secondary N) is 1. The number of sulfonamides is 1. The molecule has 0 aliphatic heterocycles. The van der Waals surface area contributed by atoms with Crippen LogP contribution < -0.4 is 14.2 Å². The van der Waals surface area contributed by atoms with E-state index in [0.717, 1.165) is 16.7 Å². The lowest BCUT2D eigenvalue weighted by Gasteiger charge is -2.11. The first-order chi connectivity index (χ1) is 12.9. The van der Waals surface area contributed by atoms with Crippen LogP contribution in [-0.2, 0) is 10.0 Å². The number of rotatable bonds is 6. The molecule has 8 heteroatoms. The molecule has 0 bridgehead atoms. The summed E-state index contributed by atoms with van der Waals surface area (Å²) in [6.07, 6.45) is 3.15. The first kappa shape index (κ1) is 18.7. The summed E-state index contributed by atoms with van der Waals surface area (Å²) in [5.74, 6) is 0.742. The minimum atomic E-state index is -3.86. The van der Waals surface area contributed by atoms with E-state index in [4.69, 9.17) is 9.47 Å². The van der Waals surface area contributed by atoms with Gasteiger partial charge in [0.15, 0.2) is 11.5 Å². The first-order valence-electron chi connectivity index (χ1n) is 8.07. The Kier molecular flexibility index (Phi) is 5.27. The largest absolute Gasteiger partial charge is 0.493 e. The highest BCUT2D eigenvalue weighted by molar-refractivity contribution is 7.92. The third kappa shape index (κ3) is 4.17. The van der Waals surface area contributed by atoms with Crippen LogP contribution in [0, 0.1) is 6.92 Å². The van der Waals surface area contributed by atoms with Gasteiger partial charge in [-0.2, -0.15) is 0 Å². The highest BCUT2D eigenvalue weighted by atomic mass is 32.2. The predicted molar refractivity (Wildman–Crippen MR) is 103 cm³/mol. The van der Waals surface area contributed by atoms with Gasteiger partial charge in [0.25, 0.3) is 10.0 Å². The lowest BCUT2D eigenvalue weighted by atomic mass is 10.1. The zero-order valence-corrected chi connectivity index (χ0v) is 15.9. The second-order valence-electron chi connectivity index (χ2n) is 5.78. The quantitative estimate of drug-likeness (QED) is 0.700. The van der Waals surface area contributed by atoms with Crippen LogP contribution in [0.2, 0.25) is 0 Å². The van der Waals surface area contributed by atoms with E-state index in [0.29, 0.717) is 11.5 Å². The van der Waals surface area contributed by atoms with Gasteiger partial charge in [0, 0.05) is 24.0 Å². The molecule has 0 aliphatic rings. The van der Waals surface area contributed by atoms with Gasteiger partial charge in [-0.05, 0) is 24.6 Å². The Morgan fingerprint density at radius 2 is 1.48 bits per heavy atom. The summed E-state index contributed by atoms with van der Waals surface area (Å²) in [7, 11) is -0.946. The molecular formula is C19H19N3O4S. The van der Waals surface area contributed by atoms with Gasteiger partial charge < -0.3 is 9.47 Å². The molecule has 27 heavy (non-hydrogen) atoms. The van der Waals surface area contributed by atoms with Crippen LogP contribution in [0.1, 0.15) is 5.56 Å². The third-order valence-corrected chi connectivity index (χ3v) is 5.25. The van der Waals surface area contributed by atoms with E-state index >= 15 is 0 Å². The van der Waals surface area contributed by atoms with Gasteiger partial charge in [0.1, 0.15) is 0 Å². The molecule has 0 spiro atoms. The summed E-state index contributed by atoms with van der Waals surface area (Å²) in [6.45, 7) is 2.01. The number of aromatic nitrogens is 2. The maximum absolute atomic E-state index is 12.6. The van der Waals surface area contributed by atoms with Crippen molar-refractivity contribution < 1.29 is 17.9 Å². The molecule has 0 atom stereocenters. The van der Waals surface area contributed by atoms with Crippen molar-refractivity contribution in [2.45, 2.75) is 11.8 Å². The molecule has 0 saturated heterocycles. The van der Waals surface area contributed by atoms with Crippen LogP contribution >= 0.6 is 0 Å². The Hall–Kier alpha value is -3.13. The molecule has 1 heterocycles. The standard InChI is InChI=1S/C19H19N3O4S/c1-13-4-6-14(7-5-13)15-11-20-19(21-12-15)22-27(23,24)16-8-9-17(25-2)18(10-16)26-3/h4-12H,1-3H3,(H,20,21,22). The maximum atomic E-state index is 12.6. The van der Waals surface area contributed by atoms with Crippen LogP contribution in [0.25, 0.3) is 11.1 Å². The van der Waals surface area contributed by atoms with Gasteiger partial charge in [-0.1, -0.05) is 29.8 Å². The fraction of sp³-hybridized carbons (Fsp3) is 0.158. The Morgan fingerprint density at radius 1 is 0.852 bits per heavy atom. The lowest BCUT2D eigenvalue weighted by Crippen LogP contribution is -2.15. The number of nitrogens with zero attached hydrogens (tertiary/aromatic N) is 2. The minimum Gasteiger partial charge on any atom is -0.493 e. The van der Waals surface area contributed by atoms with Gasteiger partial charge >= 0.3 is 0 Å². The summed E-state index contributed by atoms with van der Waals surface area (Å²) in [5, 5.41) is 0. The Bertz CT molecular complexity index is 1030. The summed E-state index contributed by atoms with van der Waals surface area (Å²) >= 11 is 0. The van der Waals surface area contributed by atoms with Gasteiger partial charge in [0.2, 0.25) is 5.95 Å². The fourth-order valence-electron chi connectivity index (χ4n) is 2.44. The van der Waals surface area contributed by atoms with Crippen molar-refractivity contribution in [3.63, 3.8) is 0 Å². The van der Waals surface area contributed by atoms with Crippen LogP contribution in [-0.4, -0.2) is 32.6 Å². The Labute approximate surface area is 158 Å². The molecule has 140 valence electrons. The van der Waals surface area contributed by atoms with E-state index in [1.54, 1.807) is 12.4 Å². The van der Waals surface area contributed by atoms with Crippen molar-refractivity contribution in [2.24, 2.45) is 0 Å². The van der Waals surface area contributed by atoms with Crippen LogP contribution in [0.4, 0.5) is 5.95 Å². The van der Waals surface area contributed by atoms with Crippen molar-refractivity contribution in [1.82, 2.24) is 9.97 Å². The minimum absolute atomic E-state index is 0.0133. The Morgan fingerprint density at radius 3 is 2.07 bits per heavy atom. The SMILES string of the molecule is COc1ccc(S(=O)(=O)Nc2ncc(-c3ccc(C)cc3)cn2)cc1OC. The molecular weight excluding hydrogens is 366 g/mol. The van der Waals surface area contributed by atoms with Crippen molar-refractivity contribution in [2.75, 3.05) is 18.9 Å². The second kappa shape index (κ2) is 7.63. The van der Waals surface area contributed by atoms with Crippen molar-refractivity contribution >= 4 is 16.0 Å². The smallest absolute Gasteiger partial charge is 0.264 e. The highest BCUT2D eigenvalue weighted by Crippen LogP contribution is 2.30. The third-order valence-electron chi connectivity index (χ3n) is 3.93. The van der Waals surface area contributed by atoms with Crippen LogP contribution in [0.15, 0.2) is 59.8 Å². The first-order valence-corrected chi connectivity index (χ1v) is 9.55. The summed E-state index contributed by atoms with van der Waals surface area (Å²) in [6, 6.07) is 12.2. The van der Waals surface area contributed by atoms with E-state index in [1.165, 1.54) is 32.4 Å². The molecule has 0 amide bonds. The number of hydrogen-bond acceptors (Lipinski definition) is 6. The molecule has 3 aromatic rings.